The molecule has 1 heterocycles. The van der Waals surface area contributed by atoms with E-state index in [0.29, 0.717) is 24.1 Å². The number of aryl methyl sites for hydroxylation is 1. The molecule has 2 unspecified atom stereocenters. The van der Waals surface area contributed by atoms with E-state index >= 15 is 0 Å². The predicted molar refractivity (Wildman–Crippen MR) is 103 cm³/mol. The molecular weight excluding hydrogens is 340 g/mol. The standard InChI is InChI=1S/C22H20N2O3/c1-14-6-10-16(11-7-14)23-20(25)15-8-12-17(13-9-15)24-21(26)18-4-2-3-5-19(18)22(24)27/h2-3,6-13,18-19H,4-5H2,1H3,(H,23,25). The van der Waals surface area contributed by atoms with Crippen LogP contribution in [0.3, 0.4) is 0 Å². The zero-order valence-corrected chi connectivity index (χ0v) is 15.0. The molecule has 1 fully saturated rings. The highest BCUT2D eigenvalue weighted by Gasteiger charge is 2.47. The van der Waals surface area contributed by atoms with E-state index < -0.39 is 0 Å². The zero-order chi connectivity index (χ0) is 19.0. The molecule has 1 aliphatic carbocycles. The van der Waals surface area contributed by atoms with Gasteiger partial charge in [0.1, 0.15) is 0 Å². The molecule has 4 rings (SSSR count). The minimum atomic E-state index is -0.257. The summed E-state index contributed by atoms with van der Waals surface area (Å²) < 4.78 is 0. The predicted octanol–water partition coefficient (Wildman–Crippen LogP) is 3.70. The molecule has 2 aliphatic rings. The Morgan fingerprint density at radius 3 is 2.00 bits per heavy atom. The van der Waals surface area contributed by atoms with E-state index in [4.69, 9.17) is 0 Å². The number of nitrogens with zero attached hydrogens (tertiary/aromatic N) is 1. The Hall–Kier alpha value is -3.21. The Balaban J connectivity index is 1.50. The molecule has 0 bridgehead atoms. The molecule has 5 heteroatoms. The smallest absolute Gasteiger partial charge is 0.255 e. The van der Waals surface area contributed by atoms with Gasteiger partial charge in [-0.05, 0) is 56.2 Å². The first-order valence-corrected chi connectivity index (χ1v) is 9.05. The summed E-state index contributed by atoms with van der Waals surface area (Å²) in [5, 5.41) is 2.84. The van der Waals surface area contributed by atoms with Crippen LogP contribution >= 0.6 is 0 Å². The molecule has 2 atom stereocenters. The van der Waals surface area contributed by atoms with Gasteiger partial charge in [0, 0.05) is 11.3 Å². The van der Waals surface area contributed by atoms with E-state index in [9.17, 15) is 14.4 Å². The van der Waals surface area contributed by atoms with Crippen molar-refractivity contribution >= 4 is 29.1 Å². The Morgan fingerprint density at radius 1 is 0.889 bits per heavy atom. The van der Waals surface area contributed by atoms with E-state index in [1.807, 2.05) is 43.3 Å². The molecule has 2 aromatic rings. The quantitative estimate of drug-likeness (QED) is 0.670. The zero-order valence-electron chi connectivity index (χ0n) is 15.0. The highest BCUT2D eigenvalue weighted by Crippen LogP contribution is 2.37. The van der Waals surface area contributed by atoms with Crippen molar-refractivity contribution in [3.05, 3.63) is 71.8 Å². The molecular formula is C22H20N2O3. The molecule has 3 amide bonds. The first kappa shape index (κ1) is 17.2. The largest absolute Gasteiger partial charge is 0.322 e. The number of fused-ring (bicyclic) bond motifs is 1. The third-order valence-electron chi connectivity index (χ3n) is 5.20. The lowest BCUT2D eigenvalue weighted by Crippen LogP contribution is -2.30. The molecule has 0 radical (unpaired) electrons. The molecule has 1 N–H and O–H groups in total. The lowest BCUT2D eigenvalue weighted by Gasteiger charge is -2.15. The highest BCUT2D eigenvalue weighted by molar-refractivity contribution is 6.22. The summed E-state index contributed by atoms with van der Waals surface area (Å²) in [6, 6.07) is 14.1. The summed E-state index contributed by atoms with van der Waals surface area (Å²) in [5.41, 5.74) is 2.83. The van der Waals surface area contributed by atoms with Crippen LogP contribution in [-0.4, -0.2) is 17.7 Å². The van der Waals surface area contributed by atoms with Gasteiger partial charge in [-0.3, -0.25) is 19.3 Å². The number of hydrogen-bond donors (Lipinski definition) is 1. The molecule has 1 aliphatic heterocycles. The number of nitrogens with one attached hydrogen (secondary N) is 1. The Bertz CT molecular complexity index is 903. The van der Waals surface area contributed by atoms with E-state index in [0.717, 1.165) is 11.3 Å². The maximum absolute atomic E-state index is 12.6. The maximum Gasteiger partial charge on any atom is 0.255 e. The third-order valence-corrected chi connectivity index (χ3v) is 5.20. The summed E-state index contributed by atoms with van der Waals surface area (Å²) in [4.78, 5) is 38.9. The molecule has 1 saturated heterocycles. The van der Waals surface area contributed by atoms with Gasteiger partial charge in [-0.2, -0.15) is 0 Å². The van der Waals surface area contributed by atoms with Crippen molar-refractivity contribution in [2.75, 3.05) is 10.2 Å². The van der Waals surface area contributed by atoms with Crippen molar-refractivity contribution < 1.29 is 14.4 Å². The molecule has 2 aromatic carbocycles. The maximum atomic E-state index is 12.6. The fourth-order valence-electron chi connectivity index (χ4n) is 3.66. The van der Waals surface area contributed by atoms with Crippen molar-refractivity contribution in [3.63, 3.8) is 0 Å². The van der Waals surface area contributed by atoms with Crippen LogP contribution in [0.2, 0.25) is 0 Å². The normalized spacial score (nSPS) is 21.3. The molecule has 5 nitrogen and oxygen atoms in total. The average molecular weight is 360 g/mol. The lowest BCUT2D eigenvalue weighted by molar-refractivity contribution is -0.122. The Labute approximate surface area is 157 Å². The van der Waals surface area contributed by atoms with Gasteiger partial charge in [-0.15, -0.1) is 0 Å². The number of anilines is 2. The van der Waals surface area contributed by atoms with Crippen molar-refractivity contribution in [2.24, 2.45) is 11.8 Å². The number of allylic oxidation sites excluding steroid dienone is 2. The summed E-state index contributed by atoms with van der Waals surface area (Å²) in [7, 11) is 0. The highest BCUT2D eigenvalue weighted by atomic mass is 16.2. The minimum absolute atomic E-state index is 0.147. The SMILES string of the molecule is Cc1ccc(NC(=O)c2ccc(N3C(=O)C4CC=CCC4C3=O)cc2)cc1. The van der Waals surface area contributed by atoms with E-state index in [-0.39, 0.29) is 29.6 Å². The second-order valence-electron chi connectivity index (χ2n) is 7.03. The van der Waals surface area contributed by atoms with E-state index in [1.165, 1.54) is 4.90 Å². The first-order valence-electron chi connectivity index (χ1n) is 9.05. The van der Waals surface area contributed by atoms with Crippen LogP contribution in [0.15, 0.2) is 60.7 Å². The second-order valence-corrected chi connectivity index (χ2v) is 7.03. The van der Waals surface area contributed by atoms with Crippen molar-refractivity contribution in [1.82, 2.24) is 0 Å². The van der Waals surface area contributed by atoms with Gasteiger partial charge in [0.15, 0.2) is 0 Å². The van der Waals surface area contributed by atoms with Gasteiger partial charge >= 0.3 is 0 Å². The Morgan fingerprint density at radius 2 is 1.44 bits per heavy atom. The van der Waals surface area contributed by atoms with E-state index in [2.05, 4.69) is 5.32 Å². The van der Waals surface area contributed by atoms with Gasteiger partial charge in [0.2, 0.25) is 11.8 Å². The summed E-state index contributed by atoms with van der Waals surface area (Å²) in [6.07, 6.45) is 5.16. The van der Waals surface area contributed by atoms with Gasteiger partial charge in [-0.25, -0.2) is 0 Å². The van der Waals surface area contributed by atoms with Crippen molar-refractivity contribution in [2.45, 2.75) is 19.8 Å². The summed E-state index contributed by atoms with van der Waals surface area (Å²) in [6.45, 7) is 1.98. The van der Waals surface area contributed by atoms with Crippen LogP contribution in [0.1, 0.15) is 28.8 Å². The number of rotatable bonds is 3. The number of amides is 3. The second kappa shape index (κ2) is 6.83. The summed E-state index contributed by atoms with van der Waals surface area (Å²) >= 11 is 0. The molecule has 0 spiro atoms. The van der Waals surface area contributed by atoms with Crippen molar-refractivity contribution in [1.29, 1.82) is 0 Å². The van der Waals surface area contributed by atoms with Gasteiger partial charge in [0.05, 0.1) is 17.5 Å². The summed E-state index contributed by atoms with van der Waals surface area (Å²) in [5.74, 6) is -1.04. The molecule has 136 valence electrons. The van der Waals surface area contributed by atoms with Crippen LogP contribution in [0, 0.1) is 18.8 Å². The number of hydrogen-bond acceptors (Lipinski definition) is 3. The number of carbonyl (C=O) groups excluding carboxylic acids is 3. The molecule has 0 saturated carbocycles. The van der Waals surface area contributed by atoms with Crippen LogP contribution in [0.5, 0.6) is 0 Å². The minimum Gasteiger partial charge on any atom is -0.322 e. The number of carbonyl (C=O) groups is 3. The van der Waals surface area contributed by atoms with Crippen LogP contribution in [0.4, 0.5) is 11.4 Å². The molecule has 27 heavy (non-hydrogen) atoms. The Kier molecular flexibility index (Phi) is 4.36. The van der Waals surface area contributed by atoms with Gasteiger partial charge in [0.25, 0.3) is 5.91 Å². The lowest BCUT2D eigenvalue weighted by atomic mass is 9.85. The van der Waals surface area contributed by atoms with Crippen molar-refractivity contribution in [3.8, 4) is 0 Å². The third kappa shape index (κ3) is 3.16. The van der Waals surface area contributed by atoms with Crippen LogP contribution in [-0.2, 0) is 9.59 Å². The molecule has 0 aromatic heterocycles. The fraction of sp³-hybridized carbons (Fsp3) is 0.227. The number of benzene rings is 2. The van der Waals surface area contributed by atoms with Crippen LogP contribution < -0.4 is 10.2 Å². The monoisotopic (exact) mass is 360 g/mol. The topological polar surface area (TPSA) is 66.5 Å². The van der Waals surface area contributed by atoms with Gasteiger partial charge < -0.3 is 5.32 Å². The first-order chi connectivity index (χ1) is 13.0. The van der Waals surface area contributed by atoms with Gasteiger partial charge in [-0.1, -0.05) is 29.8 Å². The number of imide groups is 1. The fourth-order valence-corrected chi connectivity index (χ4v) is 3.66. The van der Waals surface area contributed by atoms with E-state index in [1.54, 1.807) is 24.3 Å². The average Bonchev–Trinajstić information content (AvgIpc) is 2.95. The van der Waals surface area contributed by atoms with Crippen LogP contribution in [0.25, 0.3) is 0 Å².